The molecule has 1 aromatic carbocycles. The number of aryl methyl sites for hydroxylation is 1. The summed E-state index contributed by atoms with van der Waals surface area (Å²) in [5, 5.41) is 27.7. The Morgan fingerprint density at radius 3 is 2.42 bits per heavy atom. The van der Waals surface area contributed by atoms with Crippen LogP contribution in [0.25, 0.3) is 0 Å². The van der Waals surface area contributed by atoms with Crippen LogP contribution in [0.4, 0.5) is 13.2 Å². The standard InChI is InChI=1S/C21H30BF3N2O4/c23-21(24,25)16-5-3-14-4-6-18(17(14)13-16)27-11-7-15(8-12-27)20(26,19(28)29)9-1-2-10-22(30)31/h3,5,13,15,18,30-31H,1-2,4,6-12,26H2,(H,28,29). The molecular formula is C21H30BF3N2O4. The summed E-state index contributed by atoms with van der Waals surface area (Å²) in [6.07, 6.45) is -0.355. The van der Waals surface area contributed by atoms with Gasteiger partial charge < -0.3 is 20.9 Å². The van der Waals surface area contributed by atoms with Crippen LogP contribution in [0.15, 0.2) is 18.2 Å². The number of nitrogens with two attached hydrogens (primary N) is 1. The number of halogens is 3. The second kappa shape index (κ2) is 9.48. The first kappa shape index (κ1) is 24.0. The molecule has 6 nitrogen and oxygen atoms in total. The molecule has 0 saturated carbocycles. The van der Waals surface area contributed by atoms with Gasteiger partial charge in [-0.3, -0.25) is 9.69 Å². The summed E-state index contributed by atoms with van der Waals surface area (Å²) >= 11 is 0. The molecule has 0 radical (unpaired) electrons. The molecule has 0 aromatic heterocycles. The highest BCUT2D eigenvalue weighted by Gasteiger charge is 2.44. The van der Waals surface area contributed by atoms with Crippen molar-refractivity contribution in [3.05, 3.63) is 34.9 Å². The minimum atomic E-state index is -4.37. The molecule has 0 amide bonds. The van der Waals surface area contributed by atoms with Gasteiger partial charge in [0.15, 0.2) is 0 Å². The summed E-state index contributed by atoms with van der Waals surface area (Å²) in [5.74, 6) is -1.29. The smallest absolute Gasteiger partial charge is 0.451 e. The lowest BCUT2D eigenvalue weighted by Gasteiger charge is -2.42. The highest BCUT2D eigenvalue weighted by atomic mass is 19.4. The van der Waals surface area contributed by atoms with Gasteiger partial charge in [-0.15, -0.1) is 0 Å². The first-order chi connectivity index (χ1) is 14.5. The Balaban J connectivity index is 1.64. The van der Waals surface area contributed by atoms with Crippen LogP contribution in [0, 0.1) is 5.92 Å². The fourth-order valence-corrected chi connectivity index (χ4v) is 5.09. The molecule has 172 valence electrons. The number of likely N-dealkylation sites (tertiary alicyclic amines) is 1. The molecule has 1 saturated heterocycles. The Kier molecular flexibility index (Phi) is 7.35. The van der Waals surface area contributed by atoms with E-state index >= 15 is 0 Å². The number of carbonyl (C=O) groups is 1. The number of unbranched alkanes of at least 4 members (excludes halogenated alkanes) is 1. The van der Waals surface area contributed by atoms with Gasteiger partial charge in [-0.05, 0) is 80.7 Å². The normalized spacial score (nSPS) is 22.2. The lowest BCUT2D eigenvalue weighted by Crippen LogP contribution is -2.57. The van der Waals surface area contributed by atoms with Gasteiger partial charge in [0.1, 0.15) is 5.54 Å². The van der Waals surface area contributed by atoms with E-state index in [2.05, 4.69) is 4.90 Å². The van der Waals surface area contributed by atoms with Crippen LogP contribution in [-0.4, -0.2) is 51.8 Å². The summed E-state index contributed by atoms with van der Waals surface area (Å²) in [4.78, 5) is 14.1. The molecule has 0 bridgehead atoms. The first-order valence-electron chi connectivity index (χ1n) is 10.8. The number of hydrogen-bond acceptors (Lipinski definition) is 5. The molecule has 3 rings (SSSR count). The van der Waals surface area contributed by atoms with E-state index in [1.807, 2.05) is 0 Å². The quantitative estimate of drug-likeness (QED) is 0.365. The van der Waals surface area contributed by atoms with Crippen LogP contribution in [-0.2, 0) is 17.4 Å². The third-order valence-corrected chi connectivity index (χ3v) is 6.92. The Labute approximate surface area is 180 Å². The van der Waals surface area contributed by atoms with Gasteiger partial charge in [0.05, 0.1) is 5.56 Å². The largest absolute Gasteiger partial charge is 0.480 e. The van der Waals surface area contributed by atoms with E-state index in [0.717, 1.165) is 30.0 Å². The van der Waals surface area contributed by atoms with Crippen LogP contribution < -0.4 is 5.73 Å². The second-order valence-electron chi connectivity index (χ2n) is 8.85. The fourth-order valence-electron chi connectivity index (χ4n) is 5.09. The SMILES string of the molecule is NC(CCCCB(O)O)(C(=O)O)C1CCN(C2CCc3ccc(C(F)(F)F)cc32)CC1. The van der Waals surface area contributed by atoms with Gasteiger partial charge in [0.25, 0.3) is 0 Å². The molecule has 1 aliphatic heterocycles. The van der Waals surface area contributed by atoms with Gasteiger partial charge in [-0.2, -0.15) is 13.2 Å². The maximum absolute atomic E-state index is 13.1. The molecule has 31 heavy (non-hydrogen) atoms. The third-order valence-electron chi connectivity index (χ3n) is 6.92. The summed E-state index contributed by atoms with van der Waals surface area (Å²) in [5.41, 5.74) is 5.97. The van der Waals surface area contributed by atoms with Crippen molar-refractivity contribution in [3.63, 3.8) is 0 Å². The monoisotopic (exact) mass is 442 g/mol. The maximum Gasteiger partial charge on any atom is 0.451 e. The summed E-state index contributed by atoms with van der Waals surface area (Å²) in [7, 11) is -1.41. The molecule has 1 aromatic rings. The number of benzene rings is 1. The number of piperidine rings is 1. The average Bonchev–Trinajstić information content (AvgIpc) is 3.13. The van der Waals surface area contributed by atoms with Gasteiger partial charge in [-0.1, -0.05) is 18.9 Å². The van der Waals surface area contributed by atoms with Crippen molar-refractivity contribution in [3.8, 4) is 0 Å². The van der Waals surface area contributed by atoms with Crippen LogP contribution in [0.5, 0.6) is 0 Å². The molecule has 1 aliphatic carbocycles. The fraction of sp³-hybridized carbons (Fsp3) is 0.667. The van der Waals surface area contributed by atoms with Crippen LogP contribution in [0.3, 0.4) is 0 Å². The van der Waals surface area contributed by atoms with E-state index < -0.39 is 30.4 Å². The van der Waals surface area contributed by atoms with E-state index in [9.17, 15) is 23.1 Å². The van der Waals surface area contributed by atoms with Gasteiger partial charge >= 0.3 is 19.3 Å². The first-order valence-corrected chi connectivity index (χ1v) is 10.8. The van der Waals surface area contributed by atoms with E-state index in [1.165, 1.54) is 6.07 Å². The molecule has 0 spiro atoms. The highest BCUT2D eigenvalue weighted by molar-refractivity contribution is 6.40. The van der Waals surface area contributed by atoms with Crippen molar-refractivity contribution in [1.29, 1.82) is 0 Å². The van der Waals surface area contributed by atoms with Gasteiger partial charge in [-0.25, -0.2) is 0 Å². The predicted octanol–water partition coefficient (Wildman–Crippen LogP) is 2.83. The number of carboxylic acid groups (broad SMARTS) is 1. The topological polar surface area (TPSA) is 107 Å². The Bertz CT molecular complexity index is 784. The third kappa shape index (κ3) is 5.42. The van der Waals surface area contributed by atoms with Crippen molar-refractivity contribution >= 4 is 13.1 Å². The number of hydrogen-bond donors (Lipinski definition) is 4. The summed E-state index contributed by atoms with van der Waals surface area (Å²) in [6, 6.07) is 3.89. The number of nitrogens with zero attached hydrogens (tertiary/aromatic N) is 1. The van der Waals surface area contributed by atoms with E-state index in [0.29, 0.717) is 38.8 Å². The predicted molar refractivity (Wildman–Crippen MR) is 110 cm³/mol. The summed E-state index contributed by atoms with van der Waals surface area (Å²) < 4.78 is 39.4. The van der Waals surface area contributed by atoms with E-state index in [-0.39, 0.29) is 24.7 Å². The lowest BCUT2D eigenvalue weighted by atomic mass is 9.74. The maximum atomic E-state index is 13.1. The molecule has 2 aliphatic rings. The lowest BCUT2D eigenvalue weighted by molar-refractivity contribution is -0.147. The van der Waals surface area contributed by atoms with Crippen molar-refractivity contribution in [2.24, 2.45) is 11.7 Å². The number of rotatable bonds is 8. The minimum Gasteiger partial charge on any atom is -0.480 e. The molecule has 1 heterocycles. The number of carboxylic acids is 1. The minimum absolute atomic E-state index is 0.0821. The number of aliphatic carboxylic acids is 1. The van der Waals surface area contributed by atoms with Crippen molar-refractivity contribution in [1.82, 2.24) is 4.90 Å². The highest BCUT2D eigenvalue weighted by Crippen LogP contribution is 2.42. The Morgan fingerprint density at radius 2 is 1.84 bits per heavy atom. The Morgan fingerprint density at radius 1 is 1.16 bits per heavy atom. The molecule has 2 atom stereocenters. The zero-order valence-corrected chi connectivity index (χ0v) is 17.4. The van der Waals surface area contributed by atoms with Gasteiger partial charge in [0, 0.05) is 6.04 Å². The zero-order chi connectivity index (χ0) is 22.8. The average molecular weight is 442 g/mol. The van der Waals surface area contributed by atoms with Gasteiger partial charge in [0.2, 0.25) is 0 Å². The molecule has 10 heteroatoms. The van der Waals surface area contributed by atoms with Crippen LogP contribution in [0.1, 0.15) is 61.3 Å². The number of alkyl halides is 3. The summed E-state index contributed by atoms with van der Waals surface area (Å²) in [6.45, 7) is 1.18. The zero-order valence-electron chi connectivity index (χ0n) is 17.4. The van der Waals surface area contributed by atoms with E-state index in [4.69, 9.17) is 15.8 Å². The van der Waals surface area contributed by atoms with Crippen molar-refractivity contribution < 1.29 is 33.1 Å². The number of fused-ring (bicyclic) bond motifs is 1. The molecule has 2 unspecified atom stereocenters. The van der Waals surface area contributed by atoms with Crippen LogP contribution >= 0.6 is 0 Å². The second-order valence-corrected chi connectivity index (χ2v) is 8.85. The van der Waals surface area contributed by atoms with Crippen LogP contribution in [0.2, 0.25) is 6.32 Å². The van der Waals surface area contributed by atoms with Crippen molar-refractivity contribution in [2.45, 2.75) is 69.0 Å². The molecule has 1 fully saturated rings. The molecule has 5 N–H and O–H groups in total. The molecular weight excluding hydrogens is 412 g/mol. The van der Waals surface area contributed by atoms with E-state index in [1.54, 1.807) is 6.07 Å². The Hall–Kier alpha value is -1.62. The van der Waals surface area contributed by atoms with Crippen molar-refractivity contribution in [2.75, 3.05) is 13.1 Å².